The van der Waals surface area contributed by atoms with Gasteiger partial charge in [0.15, 0.2) is 0 Å². The number of rotatable bonds is 4. The number of hydrogen-bond acceptors (Lipinski definition) is 10. The Hall–Kier alpha value is -0.520. The Labute approximate surface area is 72.8 Å². The maximum absolute atomic E-state index is 5.05. The molecular weight excluding hydrogens is 186 g/mol. The summed E-state index contributed by atoms with van der Waals surface area (Å²) in [7, 11) is 0. The van der Waals surface area contributed by atoms with E-state index in [9.17, 15) is 0 Å². The lowest BCUT2D eigenvalue weighted by molar-refractivity contribution is -1.52. The highest BCUT2D eigenvalue weighted by Crippen LogP contribution is 1.96. The van der Waals surface area contributed by atoms with Crippen molar-refractivity contribution < 1.29 is 24.9 Å². The third-order valence-electron chi connectivity index (χ3n) is 0.538. The van der Waals surface area contributed by atoms with Crippen LogP contribution in [0.15, 0.2) is 0 Å². The first-order valence-electron chi connectivity index (χ1n) is 2.80. The van der Waals surface area contributed by atoms with Crippen molar-refractivity contribution in [1.29, 1.82) is 0 Å². The van der Waals surface area contributed by atoms with Gasteiger partial charge in [-0.2, -0.15) is 0 Å². The Morgan fingerprint density at radius 1 is 0.538 bits per heavy atom. The molecule has 0 aromatic carbocycles. The van der Waals surface area contributed by atoms with Crippen LogP contribution in [0.3, 0.4) is 0 Å². The minimum atomic E-state index is -1.69. The second-order valence-corrected chi connectivity index (χ2v) is 2.34. The zero-order valence-corrected chi connectivity index (χ0v) is 6.78. The van der Waals surface area contributed by atoms with Crippen molar-refractivity contribution in [1.82, 2.24) is 0 Å². The summed E-state index contributed by atoms with van der Waals surface area (Å²) in [4.78, 5) is 5.53. The molecule has 0 aliphatic carbocycles. The lowest BCUT2D eigenvalue weighted by Gasteiger charge is -2.24. The van der Waals surface area contributed by atoms with Gasteiger partial charge in [-0.3, -0.25) is 0 Å². The first-order chi connectivity index (χ1) is 5.41. The van der Waals surface area contributed by atoms with E-state index in [4.69, 9.17) is 46.7 Å². The predicted octanol–water partition coefficient (Wildman–Crippen LogP) is -5.88. The molecule has 0 unspecified atom stereocenters. The average Bonchev–Trinajstić information content (AvgIpc) is 1.43. The summed E-state index contributed by atoms with van der Waals surface area (Å²) in [5.74, 6) is 39.7. The molecule has 0 bridgehead atoms. The Morgan fingerprint density at radius 2 is 0.769 bits per heavy atom. The molecule has 0 fully saturated rings. The number of nitrogens with two attached hydrogens (primary N) is 8. The molecule has 0 aliphatic rings. The van der Waals surface area contributed by atoms with Crippen molar-refractivity contribution in [2.24, 2.45) is 46.7 Å². The van der Waals surface area contributed by atoms with Crippen LogP contribution >= 0.6 is 0 Å². The molecule has 80 valence electrons. The fourth-order valence-electron chi connectivity index (χ4n) is 0.457. The maximum atomic E-state index is 5.05. The van der Waals surface area contributed by atoms with Crippen molar-refractivity contribution >= 4 is 0 Å². The minimum Gasteiger partial charge on any atom is -0.102 e. The maximum Gasteiger partial charge on any atom is 0.223 e. The standard InChI is InChI=1S/H16N11O2/c1-9(2,3)12-11(7,8)13-10(4,5)6/h1-8H2/q+3. The van der Waals surface area contributed by atoms with Crippen LogP contribution in [0.25, 0.3) is 0 Å². The second kappa shape index (κ2) is 3.32. The van der Waals surface area contributed by atoms with Crippen LogP contribution in [-0.4, -0.2) is 15.0 Å². The van der Waals surface area contributed by atoms with Gasteiger partial charge >= 0.3 is 0 Å². The first-order valence-corrected chi connectivity index (χ1v) is 2.80. The zero-order chi connectivity index (χ0) is 10.9. The molecule has 0 rings (SSSR count). The van der Waals surface area contributed by atoms with E-state index in [1.54, 1.807) is 0 Å². The molecule has 0 heterocycles. The molecule has 0 atom stereocenters. The molecule has 0 aliphatic heterocycles. The van der Waals surface area contributed by atoms with Gasteiger partial charge in [-0.1, -0.05) is 11.7 Å². The molecular formula is H16N11O2+3. The van der Waals surface area contributed by atoms with Gasteiger partial charge in [0.1, 0.15) is 9.88 Å². The van der Waals surface area contributed by atoms with Crippen molar-refractivity contribution in [2.45, 2.75) is 0 Å². The van der Waals surface area contributed by atoms with Gasteiger partial charge in [0, 0.05) is 0 Å². The summed E-state index contributed by atoms with van der Waals surface area (Å²) in [6.45, 7) is 0. The highest BCUT2D eigenvalue weighted by atomic mass is 17.2. The Balaban J connectivity index is 4.25. The molecule has 0 aromatic rings. The number of hydrogen-bond donors (Lipinski definition) is 8. The molecule has 13 nitrogen and oxygen atoms in total. The van der Waals surface area contributed by atoms with Gasteiger partial charge in [-0.15, -0.1) is 35.1 Å². The SMILES string of the molecule is N[N+](N)(N)O[N+](N)(N)O[N+](N)(N)N. The number of quaternary nitrogens is 3. The Kier molecular flexibility index (Phi) is 3.19. The zero-order valence-electron chi connectivity index (χ0n) is 6.78. The molecule has 0 saturated carbocycles. The van der Waals surface area contributed by atoms with Crippen LogP contribution in [0.5, 0.6) is 0 Å². The molecule has 0 radical (unpaired) electrons. The van der Waals surface area contributed by atoms with Crippen molar-refractivity contribution in [3.05, 3.63) is 0 Å². The fourth-order valence-corrected chi connectivity index (χ4v) is 0.457. The van der Waals surface area contributed by atoms with E-state index in [1.165, 1.54) is 0 Å². The van der Waals surface area contributed by atoms with Crippen LogP contribution in [0, 0.1) is 0 Å². The molecule has 13 heteroatoms. The first kappa shape index (κ1) is 12.5. The molecule has 16 N–H and O–H groups in total. The summed E-state index contributed by atoms with van der Waals surface area (Å²) in [6, 6.07) is 0. The number of nitrogens with zero attached hydrogens (tertiary/aromatic N) is 3. The second-order valence-electron chi connectivity index (χ2n) is 2.34. The lowest BCUT2D eigenvalue weighted by atomic mass is 12.0. The quantitative estimate of drug-likeness (QED) is 0.122. The minimum absolute atomic E-state index is 1.52. The van der Waals surface area contributed by atoms with E-state index >= 15 is 0 Å². The van der Waals surface area contributed by atoms with E-state index in [0.29, 0.717) is 0 Å². The molecule has 0 aromatic heterocycles. The molecule has 0 spiro atoms. The lowest BCUT2D eigenvalue weighted by Crippen LogP contribution is -2.81. The van der Waals surface area contributed by atoms with Crippen molar-refractivity contribution in [3.63, 3.8) is 0 Å². The summed E-state index contributed by atoms with van der Waals surface area (Å²) >= 11 is 0. The van der Waals surface area contributed by atoms with E-state index in [1.807, 2.05) is 0 Å². The largest absolute Gasteiger partial charge is 0.223 e. The van der Waals surface area contributed by atoms with Crippen LogP contribution in [-0.2, 0) is 9.88 Å². The highest BCUT2D eigenvalue weighted by molar-refractivity contribution is 3.52. The van der Waals surface area contributed by atoms with E-state index in [-0.39, 0.29) is 0 Å². The summed E-state index contributed by atoms with van der Waals surface area (Å²) in [5.41, 5.74) is 0. The Bertz CT molecular complexity index is 140. The third kappa shape index (κ3) is 7.83. The molecule has 13 heavy (non-hydrogen) atoms. The van der Waals surface area contributed by atoms with Gasteiger partial charge in [-0.25, -0.2) is 0 Å². The van der Waals surface area contributed by atoms with Crippen LogP contribution in [0.2, 0.25) is 0 Å². The van der Waals surface area contributed by atoms with Gasteiger partial charge in [0.2, 0.25) is 5.03 Å². The van der Waals surface area contributed by atoms with Crippen molar-refractivity contribution in [2.75, 3.05) is 0 Å². The van der Waals surface area contributed by atoms with Crippen LogP contribution in [0.1, 0.15) is 0 Å². The van der Waals surface area contributed by atoms with Crippen molar-refractivity contribution in [3.8, 4) is 0 Å². The predicted molar refractivity (Wildman–Crippen MR) is 36.5 cm³/mol. The fraction of sp³-hybridized carbons (Fsp3) is 0. The summed E-state index contributed by atoms with van der Waals surface area (Å²) < 4.78 is 0. The van der Waals surface area contributed by atoms with Gasteiger partial charge in [-0.05, 0) is 0 Å². The summed E-state index contributed by atoms with van der Waals surface area (Å²) in [6.07, 6.45) is 0. The van der Waals surface area contributed by atoms with E-state index in [0.717, 1.165) is 0 Å². The summed E-state index contributed by atoms with van der Waals surface area (Å²) in [5, 5.41) is -1.69. The Morgan fingerprint density at radius 3 is 0.923 bits per heavy atom. The van der Waals surface area contributed by atoms with Gasteiger partial charge in [0.05, 0.1) is 9.95 Å². The van der Waals surface area contributed by atoms with Crippen LogP contribution < -0.4 is 46.7 Å². The highest BCUT2D eigenvalue weighted by Gasteiger charge is 2.44. The average molecular weight is 202 g/mol. The third-order valence-corrected chi connectivity index (χ3v) is 0.538. The molecule has 0 saturated heterocycles. The smallest absolute Gasteiger partial charge is 0.102 e. The van der Waals surface area contributed by atoms with E-state index < -0.39 is 15.0 Å². The molecule has 0 amide bonds. The topological polar surface area (TPSA) is 227 Å². The van der Waals surface area contributed by atoms with Gasteiger partial charge < -0.3 is 0 Å². The monoisotopic (exact) mass is 202 g/mol. The van der Waals surface area contributed by atoms with Crippen LogP contribution in [0.4, 0.5) is 0 Å². The van der Waals surface area contributed by atoms with E-state index in [2.05, 4.69) is 9.88 Å². The normalized spacial score (nSPS) is 14.8. The van der Waals surface area contributed by atoms with Gasteiger partial charge in [0.25, 0.3) is 0 Å².